The highest BCUT2D eigenvalue weighted by atomic mass is 15.5. The summed E-state index contributed by atoms with van der Waals surface area (Å²) in [5.41, 5.74) is 3.18. The number of aromatic nitrogens is 3. The lowest BCUT2D eigenvalue weighted by Crippen LogP contribution is -2.15. The lowest BCUT2D eigenvalue weighted by atomic mass is 10.1. The van der Waals surface area contributed by atoms with Crippen LogP contribution in [0.2, 0.25) is 0 Å². The van der Waals surface area contributed by atoms with Crippen molar-refractivity contribution in [2.75, 3.05) is 6.54 Å². The highest BCUT2D eigenvalue weighted by Crippen LogP contribution is 2.19. The Kier molecular flexibility index (Phi) is 6.41. The minimum atomic E-state index is 0.788. The Balaban J connectivity index is 1.97. The average Bonchev–Trinajstić information content (AvgIpc) is 2.95. The van der Waals surface area contributed by atoms with Crippen molar-refractivity contribution in [2.24, 2.45) is 0 Å². The van der Waals surface area contributed by atoms with Gasteiger partial charge in [-0.05, 0) is 19.9 Å². The number of hydrogen-bond donors (Lipinski definition) is 1. The van der Waals surface area contributed by atoms with Crippen molar-refractivity contribution < 1.29 is 0 Å². The molecular weight excluding hydrogens is 260 g/mol. The van der Waals surface area contributed by atoms with Crippen LogP contribution in [0.5, 0.6) is 0 Å². The summed E-state index contributed by atoms with van der Waals surface area (Å²) in [4.78, 5) is 1.77. The molecule has 4 nitrogen and oxygen atoms in total. The molecule has 1 aromatic carbocycles. The lowest BCUT2D eigenvalue weighted by Gasteiger charge is -2.04. The van der Waals surface area contributed by atoms with Gasteiger partial charge in [-0.15, -0.1) is 0 Å². The molecule has 0 aliphatic carbocycles. The molecule has 0 aliphatic rings. The molecule has 1 aromatic heterocycles. The average molecular weight is 286 g/mol. The third-order valence-electron chi connectivity index (χ3n) is 3.55. The van der Waals surface area contributed by atoms with Crippen LogP contribution in [0.15, 0.2) is 30.3 Å². The SMILES string of the molecule is CCCCCCNCc1nn(CC)nc1-c1ccccc1. The Morgan fingerprint density at radius 2 is 1.81 bits per heavy atom. The summed E-state index contributed by atoms with van der Waals surface area (Å²) in [5.74, 6) is 0. The van der Waals surface area contributed by atoms with Gasteiger partial charge in [-0.2, -0.15) is 15.0 Å². The maximum absolute atomic E-state index is 4.59. The molecule has 0 bridgehead atoms. The van der Waals surface area contributed by atoms with E-state index in [4.69, 9.17) is 0 Å². The van der Waals surface area contributed by atoms with Gasteiger partial charge in [0.25, 0.3) is 0 Å². The second-order valence-corrected chi connectivity index (χ2v) is 5.29. The minimum absolute atomic E-state index is 0.788. The molecule has 0 fully saturated rings. The zero-order chi connectivity index (χ0) is 14.9. The highest BCUT2D eigenvalue weighted by Gasteiger charge is 2.11. The van der Waals surface area contributed by atoms with Crippen LogP contribution >= 0.6 is 0 Å². The summed E-state index contributed by atoms with van der Waals surface area (Å²) in [7, 11) is 0. The summed E-state index contributed by atoms with van der Waals surface area (Å²) in [6.07, 6.45) is 5.14. The third kappa shape index (κ3) is 4.67. The van der Waals surface area contributed by atoms with Gasteiger partial charge in [-0.1, -0.05) is 56.5 Å². The zero-order valence-corrected chi connectivity index (χ0v) is 13.2. The van der Waals surface area contributed by atoms with Crippen molar-refractivity contribution in [2.45, 2.75) is 52.6 Å². The first-order valence-electron chi connectivity index (χ1n) is 8.05. The summed E-state index contributed by atoms with van der Waals surface area (Å²) < 4.78 is 0. The van der Waals surface area contributed by atoms with Crippen LogP contribution in [0.4, 0.5) is 0 Å². The molecule has 0 amide bonds. The molecule has 2 rings (SSSR count). The fourth-order valence-electron chi connectivity index (χ4n) is 2.35. The molecule has 0 radical (unpaired) electrons. The fraction of sp³-hybridized carbons (Fsp3) is 0.529. The van der Waals surface area contributed by atoms with Crippen molar-refractivity contribution in [3.05, 3.63) is 36.0 Å². The second kappa shape index (κ2) is 8.57. The smallest absolute Gasteiger partial charge is 0.117 e. The Morgan fingerprint density at radius 3 is 2.52 bits per heavy atom. The molecule has 0 atom stereocenters. The van der Waals surface area contributed by atoms with E-state index in [9.17, 15) is 0 Å². The summed E-state index contributed by atoms with van der Waals surface area (Å²) >= 11 is 0. The molecule has 0 unspecified atom stereocenters. The minimum Gasteiger partial charge on any atom is -0.311 e. The number of nitrogens with zero attached hydrogens (tertiary/aromatic N) is 3. The zero-order valence-electron chi connectivity index (χ0n) is 13.2. The van der Waals surface area contributed by atoms with E-state index in [-0.39, 0.29) is 0 Å². The third-order valence-corrected chi connectivity index (χ3v) is 3.55. The van der Waals surface area contributed by atoms with E-state index in [2.05, 4.69) is 41.5 Å². The van der Waals surface area contributed by atoms with Gasteiger partial charge in [0.1, 0.15) is 11.4 Å². The molecule has 1 heterocycles. The number of hydrogen-bond acceptors (Lipinski definition) is 3. The molecule has 21 heavy (non-hydrogen) atoms. The summed E-state index contributed by atoms with van der Waals surface area (Å²) in [6, 6.07) is 10.3. The Hall–Kier alpha value is -1.68. The molecule has 0 saturated carbocycles. The lowest BCUT2D eigenvalue weighted by molar-refractivity contribution is 0.552. The Morgan fingerprint density at radius 1 is 1.00 bits per heavy atom. The molecule has 0 saturated heterocycles. The van der Waals surface area contributed by atoms with Crippen LogP contribution in [0.1, 0.15) is 45.2 Å². The first-order valence-corrected chi connectivity index (χ1v) is 8.05. The normalized spacial score (nSPS) is 11.0. The van der Waals surface area contributed by atoms with Gasteiger partial charge < -0.3 is 5.32 Å². The van der Waals surface area contributed by atoms with Gasteiger partial charge in [-0.25, -0.2) is 0 Å². The molecule has 4 heteroatoms. The van der Waals surface area contributed by atoms with E-state index in [0.29, 0.717) is 0 Å². The van der Waals surface area contributed by atoms with Gasteiger partial charge in [0, 0.05) is 12.1 Å². The van der Waals surface area contributed by atoms with Crippen LogP contribution in [-0.2, 0) is 13.1 Å². The molecule has 1 N–H and O–H groups in total. The van der Waals surface area contributed by atoms with Crippen molar-refractivity contribution >= 4 is 0 Å². The largest absolute Gasteiger partial charge is 0.311 e. The number of rotatable bonds is 9. The monoisotopic (exact) mass is 286 g/mol. The highest BCUT2D eigenvalue weighted by molar-refractivity contribution is 5.60. The standard InChI is InChI=1S/C17H26N4/c1-3-5-6-10-13-18-14-16-17(20-21(4-2)19-16)15-11-8-7-9-12-15/h7-9,11-12,18H,3-6,10,13-14H2,1-2H3. The predicted octanol–water partition coefficient (Wildman–Crippen LogP) is 3.63. The number of unbranched alkanes of at least 4 members (excludes halogenated alkanes) is 3. The van der Waals surface area contributed by atoms with Crippen molar-refractivity contribution in [3.63, 3.8) is 0 Å². The molecule has 0 spiro atoms. The van der Waals surface area contributed by atoms with Crippen LogP contribution < -0.4 is 5.32 Å². The van der Waals surface area contributed by atoms with Gasteiger partial charge in [-0.3, -0.25) is 0 Å². The van der Waals surface area contributed by atoms with Gasteiger partial charge in [0.15, 0.2) is 0 Å². The van der Waals surface area contributed by atoms with Gasteiger partial charge in [0.2, 0.25) is 0 Å². The fourth-order valence-corrected chi connectivity index (χ4v) is 2.35. The maximum atomic E-state index is 4.59. The van der Waals surface area contributed by atoms with E-state index in [1.54, 1.807) is 4.80 Å². The quantitative estimate of drug-likeness (QED) is 0.716. The van der Waals surface area contributed by atoms with Crippen LogP contribution in [-0.4, -0.2) is 21.5 Å². The molecular formula is C17H26N4. The van der Waals surface area contributed by atoms with E-state index < -0.39 is 0 Å². The second-order valence-electron chi connectivity index (χ2n) is 5.29. The molecule has 0 aliphatic heterocycles. The van der Waals surface area contributed by atoms with E-state index in [1.807, 2.05) is 18.2 Å². The van der Waals surface area contributed by atoms with E-state index in [0.717, 1.165) is 36.6 Å². The maximum Gasteiger partial charge on any atom is 0.117 e. The van der Waals surface area contributed by atoms with Crippen LogP contribution in [0, 0.1) is 0 Å². The summed E-state index contributed by atoms with van der Waals surface area (Å²) in [5, 5.41) is 12.7. The van der Waals surface area contributed by atoms with E-state index >= 15 is 0 Å². The van der Waals surface area contributed by atoms with Crippen LogP contribution in [0.25, 0.3) is 11.3 Å². The summed E-state index contributed by atoms with van der Waals surface area (Å²) in [6.45, 7) is 6.94. The number of nitrogens with one attached hydrogen (secondary N) is 1. The Bertz CT molecular complexity index is 519. The van der Waals surface area contributed by atoms with Gasteiger partial charge >= 0.3 is 0 Å². The first-order chi connectivity index (χ1) is 10.3. The van der Waals surface area contributed by atoms with Crippen LogP contribution in [0.3, 0.4) is 0 Å². The number of benzene rings is 1. The van der Waals surface area contributed by atoms with Gasteiger partial charge in [0.05, 0.1) is 6.54 Å². The molecule has 2 aromatic rings. The van der Waals surface area contributed by atoms with E-state index in [1.165, 1.54) is 25.7 Å². The van der Waals surface area contributed by atoms with Crippen molar-refractivity contribution in [1.82, 2.24) is 20.3 Å². The van der Waals surface area contributed by atoms with Crippen molar-refractivity contribution in [3.8, 4) is 11.3 Å². The topological polar surface area (TPSA) is 42.7 Å². The Labute approximate surface area is 127 Å². The predicted molar refractivity (Wildman–Crippen MR) is 87.0 cm³/mol. The van der Waals surface area contributed by atoms with Crippen molar-refractivity contribution in [1.29, 1.82) is 0 Å². The first kappa shape index (κ1) is 15.7. The molecule has 114 valence electrons. The number of aryl methyl sites for hydroxylation is 1.